The van der Waals surface area contributed by atoms with Gasteiger partial charge in [0, 0.05) is 17.1 Å². The van der Waals surface area contributed by atoms with Crippen molar-refractivity contribution in [2.45, 2.75) is 44.2 Å². The van der Waals surface area contributed by atoms with Crippen molar-refractivity contribution in [2.24, 2.45) is 11.7 Å². The molecule has 0 spiro atoms. The molecule has 1 aromatic rings. The monoisotopic (exact) mass is 346 g/mol. The van der Waals surface area contributed by atoms with Crippen LogP contribution in [0.15, 0.2) is 24.3 Å². The SMILES string of the molecule is CC1(N)CCCCC1C(=O)NCC(O)c1cccc(Cl)c1.Cl. The summed E-state index contributed by atoms with van der Waals surface area (Å²) < 4.78 is 0. The molecule has 0 radical (unpaired) electrons. The van der Waals surface area contributed by atoms with Gasteiger partial charge in [0.15, 0.2) is 0 Å². The van der Waals surface area contributed by atoms with Crippen molar-refractivity contribution in [3.05, 3.63) is 34.9 Å². The molecule has 1 amide bonds. The maximum absolute atomic E-state index is 12.3. The molecule has 1 aromatic carbocycles. The quantitative estimate of drug-likeness (QED) is 0.784. The summed E-state index contributed by atoms with van der Waals surface area (Å²) in [6.07, 6.45) is 3.01. The van der Waals surface area contributed by atoms with Crippen molar-refractivity contribution in [2.75, 3.05) is 6.54 Å². The zero-order chi connectivity index (χ0) is 15.5. The molecule has 0 bridgehead atoms. The van der Waals surface area contributed by atoms with Gasteiger partial charge in [-0.25, -0.2) is 0 Å². The molecule has 6 heteroatoms. The number of carbonyl (C=O) groups is 1. The minimum atomic E-state index is -0.764. The number of benzene rings is 1. The second kappa shape index (κ2) is 8.16. The van der Waals surface area contributed by atoms with Crippen LogP contribution in [0.25, 0.3) is 0 Å². The van der Waals surface area contributed by atoms with E-state index in [9.17, 15) is 9.90 Å². The van der Waals surface area contributed by atoms with Gasteiger partial charge in [-0.3, -0.25) is 4.79 Å². The van der Waals surface area contributed by atoms with Gasteiger partial charge in [0.25, 0.3) is 0 Å². The molecule has 124 valence electrons. The molecular weight excluding hydrogens is 323 g/mol. The van der Waals surface area contributed by atoms with E-state index < -0.39 is 11.6 Å². The molecule has 0 aliphatic heterocycles. The first-order valence-corrected chi connectivity index (χ1v) is 7.78. The van der Waals surface area contributed by atoms with E-state index in [0.29, 0.717) is 10.6 Å². The summed E-state index contributed by atoms with van der Waals surface area (Å²) >= 11 is 5.90. The lowest BCUT2D eigenvalue weighted by molar-refractivity contribution is -0.128. The maximum Gasteiger partial charge on any atom is 0.225 e. The van der Waals surface area contributed by atoms with Gasteiger partial charge < -0.3 is 16.2 Å². The third-order valence-electron chi connectivity index (χ3n) is 4.27. The number of hydrogen-bond donors (Lipinski definition) is 3. The lowest BCUT2D eigenvalue weighted by Gasteiger charge is -2.37. The summed E-state index contributed by atoms with van der Waals surface area (Å²) in [6.45, 7) is 2.11. The van der Waals surface area contributed by atoms with E-state index in [-0.39, 0.29) is 30.8 Å². The third-order valence-corrected chi connectivity index (χ3v) is 4.51. The molecule has 1 aliphatic carbocycles. The molecule has 4 N–H and O–H groups in total. The highest BCUT2D eigenvalue weighted by Gasteiger charge is 2.37. The smallest absolute Gasteiger partial charge is 0.225 e. The first-order chi connectivity index (χ1) is 9.90. The Kier molecular flexibility index (Phi) is 7.13. The topological polar surface area (TPSA) is 75.4 Å². The minimum absolute atomic E-state index is 0. The summed E-state index contributed by atoms with van der Waals surface area (Å²) in [5.74, 6) is -0.251. The van der Waals surface area contributed by atoms with Crippen LogP contribution in [0.3, 0.4) is 0 Å². The van der Waals surface area contributed by atoms with E-state index in [0.717, 1.165) is 25.7 Å². The van der Waals surface area contributed by atoms with Gasteiger partial charge in [0.2, 0.25) is 5.91 Å². The molecule has 2 rings (SSSR count). The summed E-state index contributed by atoms with van der Waals surface area (Å²) in [5.41, 5.74) is 6.46. The molecule has 1 aliphatic rings. The van der Waals surface area contributed by atoms with Crippen LogP contribution in [-0.4, -0.2) is 23.1 Å². The van der Waals surface area contributed by atoms with Crippen LogP contribution in [0.1, 0.15) is 44.3 Å². The first-order valence-electron chi connectivity index (χ1n) is 7.40. The number of aliphatic hydroxyl groups excluding tert-OH is 1. The number of aliphatic hydroxyl groups is 1. The van der Waals surface area contributed by atoms with Crippen LogP contribution < -0.4 is 11.1 Å². The van der Waals surface area contributed by atoms with Crippen LogP contribution in [0.4, 0.5) is 0 Å². The average Bonchev–Trinajstić information content (AvgIpc) is 2.44. The molecule has 0 aromatic heterocycles. The Morgan fingerprint density at radius 3 is 2.91 bits per heavy atom. The summed E-state index contributed by atoms with van der Waals surface area (Å²) in [4.78, 5) is 12.3. The normalized spacial score (nSPS) is 25.9. The lowest BCUT2D eigenvalue weighted by Crippen LogP contribution is -2.53. The predicted octanol–water partition coefficient (Wildman–Crippen LogP) is 2.82. The fraction of sp³-hybridized carbons (Fsp3) is 0.562. The van der Waals surface area contributed by atoms with Crippen molar-refractivity contribution in [1.82, 2.24) is 5.32 Å². The second-order valence-corrected chi connectivity index (χ2v) is 6.56. The molecule has 3 unspecified atom stereocenters. The van der Waals surface area contributed by atoms with Crippen molar-refractivity contribution in [1.29, 1.82) is 0 Å². The molecule has 4 nitrogen and oxygen atoms in total. The van der Waals surface area contributed by atoms with Gasteiger partial charge in [-0.1, -0.05) is 36.6 Å². The highest BCUT2D eigenvalue weighted by Crippen LogP contribution is 2.31. The van der Waals surface area contributed by atoms with E-state index in [4.69, 9.17) is 17.3 Å². The minimum Gasteiger partial charge on any atom is -0.387 e. The van der Waals surface area contributed by atoms with E-state index in [1.54, 1.807) is 24.3 Å². The standard InChI is InChI=1S/C16H23ClN2O2.ClH/c1-16(18)8-3-2-7-13(16)15(21)19-10-14(20)11-5-4-6-12(17)9-11;/h4-6,9,13-14,20H,2-3,7-8,10,18H2,1H3,(H,19,21);1H. The Hall–Kier alpha value is -0.810. The van der Waals surface area contributed by atoms with Crippen molar-refractivity contribution in [3.63, 3.8) is 0 Å². The van der Waals surface area contributed by atoms with Crippen LogP contribution in [0.2, 0.25) is 5.02 Å². The number of nitrogens with two attached hydrogens (primary N) is 1. The van der Waals surface area contributed by atoms with E-state index in [2.05, 4.69) is 5.32 Å². The Balaban J connectivity index is 0.00000242. The Labute approximate surface area is 142 Å². The fourth-order valence-electron chi connectivity index (χ4n) is 2.94. The van der Waals surface area contributed by atoms with Crippen molar-refractivity contribution < 1.29 is 9.90 Å². The Bertz CT molecular complexity index is 509. The highest BCUT2D eigenvalue weighted by molar-refractivity contribution is 6.30. The fourth-order valence-corrected chi connectivity index (χ4v) is 3.14. The number of hydrogen-bond acceptors (Lipinski definition) is 3. The van der Waals surface area contributed by atoms with Gasteiger partial charge >= 0.3 is 0 Å². The van der Waals surface area contributed by atoms with Gasteiger partial charge in [-0.15, -0.1) is 12.4 Å². The van der Waals surface area contributed by atoms with Crippen LogP contribution >= 0.6 is 24.0 Å². The van der Waals surface area contributed by atoms with Crippen molar-refractivity contribution in [3.8, 4) is 0 Å². The van der Waals surface area contributed by atoms with Crippen LogP contribution in [0.5, 0.6) is 0 Å². The third kappa shape index (κ3) is 4.85. The number of amides is 1. The first kappa shape index (κ1) is 19.2. The predicted molar refractivity (Wildman–Crippen MR) is 91.2 cm³/mol. The molecule has 3 atom stereocenters. The van der Waals surface area contributed by atoms with E-state index in [1.165, 1.54) is 0 Å². The Morgan fingerprint density at radius 2 is 2.27 bits per heavy atom. The van der Waals surface area contributed by atoms with Crippen LogP contribution in [-0.2, 0) is 4.79 Å². The van der Waals surface area contributed by atoms with E-state index >= 15 is 0 Å². The van der Waals surface area contributed by atoms with Crippen molar-refractivity contribution >= 4 is 29.9 Å². The summed E-state index contributed by atoms with van der Waals surface area (Å²) in [6, 6.07) is 7.02. The average molecular weight is 347 g/mol. The van der Waals surface area contributed by atoms with Gasteiger partial charge in [-0.2, -0.15) is 0 Å². The summed E-state index contributed by atoms with van der Waals surface area (Å²) in [5, 5.41) is 13.5. The van der Waals surface area contributed by atoms with Gasteiger partial charge in [0.05, 0.1) is 12.0 Å². The number of nitrogens with one attached hydrogen (secondary N) is 1. The lowest BCUT2D eigenvalue weighted by atomic mass is 9.74. The summed E-state index contributed by atoms with van der Waals surface area (Å²) in [7, 11) is 0. The molecular formula is C16H24Cl2N2O2. The zero-order valence-electron chi connectivity index (χ0n) is 12.7. The van der Waals surface area contributed by atoms with Gasteiger partial charge in [0.1, 0.15) is 0 Å². The zero-order valence-corrected chi connectivity index (χ0v) is 14.3. The molecule has 1 saturated carbocycles. The number of halogens is 2. The number of rotatable bonds is 4. The maximum atomic E-state index is 12.3. The van der Waals surface area contributed by atoms with Crippen LogP contribution in [0, 0.1) is 5.92 Å². The second-order valence-electron chi connectivity index (χ2n) is 6.12. The largest absolute Gasteiger partial charge is 0.387 e. The highest BCUT2D eigenvalue weighted by atomic mass is 35.5. The van der Waals surface area contributed by atoms with E-state index in [1.807, 2.05) is 6.92 Å². The van der Waals surface area contributed by atoms with Gasteiger partial charge in [-0.05, 0) is 37.5 Å². The molecule has 0 heterocycles. The molecule has 1 fully saturated rings. The Morgan fingerprint density at radius 1 is 1.55 bits per heavy atom. The molecule has 22 heavy (non-hydrogen) atoms. The molecule has 0 saturated heterocycles. The number of carbonyl (C=O) groups excluding carboxylic acids is 1.